The summed E-state index contributed by atoms with van der Waals surface area (Å²) in [6.45, 7) is 4.69. The maximum absolute atomic E-state index is 12.5. The molecule has 0 saturated carbocycles. The lowest BCUT2D eigenvalue weighted by Crippen LogP contribution is -2.50. The number of fused-ring (bicyclic) bond motifs is 1. The van der Waals surface area contributed by atoms with Crippen molar-refractivity contribution in [3.8, 4) is 0 Å². The van der Waals surface area contributed by atoms with Gasteiger partial charge in [0, 0.05) is 31.9 Å². The summed E-state index contributed by atoms with van der Waals surface area (Å²) < 4.78 is 0. The van der Waals surface area contributed by atoms with E-state index in [4.69, 9.17) is 5.73 Å². The Morgan fingerprint density at radius 2 is 2.00 bits per heavy atom. The van der Waals surface area contributed by atoms with Gasteiger partial charge in [-0.05, 0) is 36.1 Å². The Hall–Kier alpha value is -2.87. The van der Waals surface area contributed by atoms with Gasteiger partial charge in [-0.15, -0.1) is 11.3 Å². The van der Waals surface area contributed by atoms with Crippen molar-refractivity contribution in [2.45, 2.75) is 6.92 Å². The van der Waals surface area contributed by atoms with Crippen LogP contribution in [-0.2, 0) is 0 Å². The summed E-state index contributed by atoms with van der Waals surface area (Å²) in [6.07, 6.45) is 0. The minimum atomic E-state index is -0.0712. The van der Waals surface area contributed by atoms with E-state index in [2.05, 4.69) is 20.2 Å². The van der Waals surface area contributed by atoms with Crippen molar-refractivity contribution < 1.29 is 4.79 Å². The number of aromatic nitrogens is 2. The number of amides is 2. The number of nitrogens with one attached hydrogen (secondary N) is 1. The third-order valence-electron chi connectivity index (χ3n) is 4.46. The van der Waals surface area contributed by atoms with Gasteiger partial charge >= 0.3 is 6.03 Å². The summed E-state index contributed by atoms with van der Waals surface area (Å²) in [4.78, 5) is 26.1. The Kier molecular flexibility index (Phi) is 4.34. The summed E-state index contributed by atoms with van der Waals surface area (Å²) in [5.41, 5.74) is 7.79. The molecule has 1 fully saturated rings. The number of thiophene rings is 1. The maximum atomic E-state index is 12.5. The maximum Gasteiger partial charge on any atom is 0.321 e. The molecule has 8 heteroatoms. The van der Waals surface area contributed by atoms with Gasteiger partial charge in [0.05, 0.1) is 5.39 Å². The highest BCUT2D eigenvalue weighted by Crippen LogP contribution is 2.29. The van der Waals surface area contributed by atoms with Crippen LogP contribution in [0.3, 0.4) is 0 Å². The highest BCUT2D eigenvalue weighted by atomic mass is 32.1. The molecule has 1 aromatic carbocycles. The predicted molar refractivity (Wildman–Crippen MR) is 106 cm³/mol. The number of urea groups is 1. The zero-order valence-electron chi connectivity index (χ0n) is 14.5. The molecule has 2 aromatic heterocycles. The molecule has 0 radical (unpaired) electrons. The SMILES string of the molecule is Cc1cccc(NC(=O)N2CCN(c3nc(N)nc4sccc34)CC2)c1. The van der Waals surface area contributed by atoms with Crippen LogP contribution in [0.25, 0.3) is 10.2 Å². The van der Waals surface area contributed by atoms with Gasteiger partial charge in [-0.2, -0.15) is 4.98 Å². The lowest BCUT2D eigenvalue weighted by atomic mass is 10.2. The highest BCUT2D eigenvalue weighted by molar-refractivity contribution is 7.16. The number of aryl methyl sites for hydroxylation is 1. The average Bonchev–Trinajstić information content (AvgIpc) is 3.09. The van der Waals surface area contributed by atoms with Crippen molar-refractivity contribution in [1.82, 2.24) is 14.9 Å². The van der Waals surface area contributed by atoms with E-state index in [-0.39, 0.29) is 12.0 Å². The largest absolute Gasteiger partial charge is 0.368 e. The number of carbonyl (C=O) groups excluding carboxylic acids is 1. The zero-order chi connectivity index (χ0) is 18.1. The minimum Gasteiger partial charge on any atom is -0.368 e. The minimum absolute atomic E-state index is 0.0712. The quantitative estimate of drug-likeness (QED) is 0.726. The molecule has 0 spiro atoms. The lowest BCUT2D eigenvalue weighted by molar-refractivity contribution is 0.208. The second kappa shape index (κ2) is 6.80. The fourth-order valence-electron chi connectivity index (χ4n) is 3.14. The van der Waals surface area contributed by atoms with Crippen LogP contribution >= 0.6 is 11.3 Å². The molecule has 7 nitrogen and oxygen atoms in total. The van der Waals surface area contributed by atoms with E-state index in [1.807, 2.05) is 47.5 Å². The van der Waals surface area contributed by atoms with E-state index in [0.717, 1.165) is 27.3 Å². The normalized spacial score (nSPS) is 14.7. The standard InChI is InChI=1S/C18H20N6OS/c1-12-3-2-4-13(11-12)20-18(25)24-8-6-23(7-9-24)15-14-5-10-26-16(14)22-17(19)21-15/h2-5,10-11H,6-9H2,1H3,(H,20,25)(H2,19,21,22). The first-order valence-corrected chi connectivity index (χ1v) is 9.36. The number of benzene rings is 1. The van der Waals surface area contributed by atoms with E-state index in [0.29, 0.717) is 26.2 Å². The molecular formula is C18H20N6OS. The van der Waals surface area contributed by atoms with Crippen LogP contribution in [0.15, 0.2) is 35.7 Å². The molecule has 3 aromatic rings. The molecule has 0 bridgehead atoms. The molecule has 1 aliphatic heterocycles. The number of hydrogen-bond acceptors (Lipinski definition) is 6. The molecule has 26 heavy (non-hydrogen) atoms. The van der Waals surface area contributed by atoms with E-state index in [1.54, 1.807) is 11.3 Å². The van der Waals surface area contributed by atoms with Crippen LogP contribution in [-0.4, -0.2) is 47.1 Å². The second-order valence-electron chi connectivity index (χ2n) is 6.32. The van der Waals surface area contributed by atoms with E-state index >= 15 is 0 Å². The van der Waals surface area contributed by atoms with Crippen molar-refractivity contribution in [3.05, 3.63) is 41.3 Å². The number of nitrogens with zero attached hydrogens (tertiary/aromatic N) is 4. The van der Waals surface area contributed by atoms with E-state index in [1.165, 1.54) is 0 Å². The number of nitrogens with two attached hydrogens (primary N) is 1. The van der Waals surface area contributed by atoms with Gasteiger partial charge in [0.25, 0.3) is 0 Å². The summed E-state index contributed by atoms with van der Waals surface area (Å²) in [6, 6.07) is 9.76. The molecule has 2 amide bonds. The smallest absolute Gasteiger partial charge is 0.321 e. The number of piperazine rings is 1. The highest BCUT2D eigenvalue weighted by Gasteiger charge is 2.24. The zero-order valence-corrected chi connectivity index (χ0v) is 15.3. The molecule has 1 saturated heterocycles. The molecule has 134 valence electrons. The van der Waals surface area contributed by atoms with Crippen LogP contribution in [0.1, 0.15) is 5.56 Å². The van der Waals surface area contributed by atoms with Crippen LogP contribution in [0.4, 0.5) is 22.2 Å². The van der Waals surface area contributed by atoms with Crippen molar-refractivity contribution in [2.24, 2.45) is 0 Å². The Balaban J connectivity index is 1.43. The van der Waals surface area contributed by atoms with Gasteiger partial charge in [-0.3, -0.25) is 0 Å². The van der Waals surface area contributed by atoms with Gasteiger partial charge in [0.15, 0.2) is 0 Å². The second-order valence-corrected chi connectivity index (χ2v) is 7.21. The van der Waals surface area contributed by atoms with Gasteiger partial charge < -0.3 is 20.9 Å². The Morgan fingerprint density at radius 3 is 2.77 bits per heavy atom. The monoisotopic (exact) mass is 368 g/mol. The number of carbonyl (C=O) groups is 1. The molecule has 4 rings (SSSR count). The number of rotatable bonds is 2. The van der Waals surface area contributed by atoms with Crippen LogP contribution < -0.4 is 16.0 Å². The van der Waals surface area contributed by atoms with Crippen LogP contribution in [0.5, 0.6) is 0 Å². The molecule has 1 aliphatic rings. The van der Waals surface area contributed by atoms with Gasteiger partial charge in [0.1, 0.15) is 10.6 Å². The van der Waals surface area contributed by atoms with Crippen molar-refractivity contribution in [1.29, 1.82) is 0 Å². The Bertz CT molecular complexity index is 948. The van der Waals surface area contributed by atoms with Crippen LogP contribution in [0, 0.1) is 6.92 Å². The first-order chi connectivity index (χ1) is 12.6. The van der Waals surface area contributed by atoms with Crippen molar-refractivity contribution >= 4 is 45.0 Å². The first kappa shape index (κ1) is 16.6. The number of nitrogen functional groups attached to an aromatic ring is 1. The third-order valence-corrected chi connectivity index (χ3v) is 5.26. The molecule has 0 aliphatic carbocycles. The third kappa shape index (κ3) is 3.28. The molecule has 3 N–H and O–H groups in total. The van der Waals surface area contributed by atoms with Crippen molar-refractivity contribution in [2.75, 3.05) is 42.1 Å². The fraction of sp³-hybridized carbons (Fsp3) is 0.278. The topological polar surface area (TPSA) is 87.4 Å². The summed E-state index contributed by atoms with van der Waals surface area (Å²) in [7, 11) is 0. The Labute approximate surface area is 155 Å². The van der Waals surface area contributed by atoms with Gasteiger partial charge in [-0.1, -0.05) is 12.1 Å². The Morgan fingerprint density at radius 1 is 1.19 bits per heavy atom. The predicted octanol–water partition coefficient (Wildman–Crippen LogP) is 2.94. The average molecular weight is 368 g/mol. The van der Waals surface area contributed by atoms with Gasteiger partial charge in [0.2, 0.25) is 5.95 Å². The molecule has 3 heterocycles. The fourth-order valence-corrected chi connectivity index (χ4v) is 3.91. The summed E-state index contributed by atoms with van der Waals surface area (Å²) >= 11 is 1.56. The van der Waals surface area contributed by atoms with Crippen molar-refractivity contribution in [3.63, 3.8) is 0 Å². The molecular weight excluding hydrogens is 348 g/mol. The number of hydrogen-bond donors (Lipinski definition) is 2. The number of anilines is 3. The lowest BCUT2D eigenvalue weighted by Gasteiger charge is -2.35. The summed E-state index contributed by atoms with van der Waals surface area (Å²) in [5, 5.41) is 5.98. The molecule has 0 unspecified atom stereocenters. The van der Waals surface area contributed by atoms with Gasteiger partial charge in [-0.25, -0.2) is 9.78 Å². The summed E-state index contributed by atoms with van der Waals surface area (Å²) in [5.74, 6) is 1.14. The van der Waals surface area contributed by atoms with E-state index in [9.17, 15) is 4.79 Å². The molecule has 0 atom stereocenters. The first-order valence-electron chi connectivity index (χ1n) is 8.48. The van der Waals surface area contributed by atoms with Crippen LogP contribution in [0.2, 0.25) is 0 Å². The van der Waals surface area contributed by atoms with E-state index < -0.39 is 0 Å².